The Bertz CT molecular complexity index is 1340. The zero-order valence-corrected chi connectivity index (χ0v) is 18.0. The van der Waals surface area contributed by atoms with Gasteiger partial charge in [-0.25, -0.2) is 4.98 Å². The maximum atomic E-state index is 13.4. The van der Waals surface area contributed by atoms with Gasteiger partial charge in [0.05, 0.1) is 16.6 Å². The molecule has 0 aliphatic heterocycles. The van der Waals surface area contributed by atoms with Gasteiger partial charge in [-0.1, -0.05) is 24.6 Å². The van der Waals surface area contributed by atoms with E-state index in [0.717, 1.165) is 47.9 Å². The average Bonchev–Trinajstić information content (AvgIpc) is 3.28. The molecule has 0 fully saturated rings. The van der Waals surface area contributed by atoms with Crippen LogP contribution < -0.4 is 5.32 Å². The highest BCUT2D eigenvalue weighted by atomic mass is 32.1. The summed E-state index contributed by atoms with van der Waals surface area (Å²) in [5, 5.41) is 14.2. The minimum absolute atomic E-state index is 0.240. The number of thiophene rings is 1. The van der Waals surface area contributed by atoms with Gasteiger partial charge in [0.15, 0.2) is 5.76 Å². The number of carbonyl (C=O) groups is 1. The largest absolute Gasteiger partial charge is 0.460 e. The van der Waals surface area contributed by atoms with Gasteiger partial charge in [-0.15, -0.1) is 11.3 Å². The number of anilines is 1. The van der Waals surface area contributed by atoms with Gasteiger partial charge in [-0.05, 0) is 62.4 Å². The second-order valence-electron chi connectivity index (χ2n) is 7.82. The third-order valence-electron chi connectivity index (χ3n) is 5.71. The zero-order chi connectivity index (χ0) is 21.4. The Morgan fingerprint density at radius 1 is 1.16 bits per heavy atom. The molecule has 1 N–H and O–H groups in total. The second kappa shape index (κ2) is 8.01. The molecule has 5 rings (SSSR count). The van der Waals surface area contributed by atoms with E-state index in [1.54, 1.807) is 17.4 Å². The van der Waals surface area contributed by atoms with Crippen molar-refractivity contribution in [1.82, 2.24) is 4.98 Å². The number of fused-ring (bicyclic) bond motifs is 2. The van der Waals surface area contributed by atoms with Crippen molar-refractivity contribution in [2.24, 2.45) is 0 Å². The molecule has 3 heterocycles. The molecular formula is C25H21N3O2S. The number of aryl methyl sites for hydroxylation is 2. The highest BCUT2D eigenvalue weighted by molar-refractivity contribution is 7.16. The smallest absolute Gasteiger partial charge is 0.257 e. The summed E-state index contributed by atoms with van der Waals surface area (Å²) in [5.41, 5.74) is 3.59. The lowest BCUT2D eigenvalue weighted by atomic mass is 10.1. The van der Waals surface area contributed by atoms with Crippen LogP contribution in [0, 0.1) is 18.3 Å². The number of pyridine rings is 1. The molecule has 0 atom stereocenters. The number of amides is 1. The predicted octanol–water partition coefficient (Wildman–Crippen LogP) is 6.26. The Kier molecular flexibility index (Phi) is 5.05. The van der Waals surface area contributed by atoms with Gasteiger partial charge < -0.3 is 9.73 Å². The molecule has 5 nitrogen and oxygen atoms in total. The number of benzene rings is 1. The number of rotatable bonds is 3. The fraction of sp³-hybridized carbons (Fsp3) is 0.240. The number of nitrogens with zero attached hydrogens (tertiary/aromatic N) is 2. The molecule has 31 heavy (non-hydrogen) atoms. The number of furan rings is 1. The van der Waals surface area contributed by atoms with E-state index in [0.29, 0.717) is 27.6 Å². The van der Waals surface area contributed by atoms with Crippen LogP contribution in [0.5, 0.6) is 0 Å². The molecule has 1 aliphatic rings. The lowest BCUT2D eigenvalue weighted by Crippen LogP contribution is -2.13. The van der Waals surface area contributed by atoms with Gasteiger partial charge in [0, 0.05) is 10.3 Å². The highest BCUT2D eigenvalue weighted by Gasteiger charge is 2.22. The first-order valence-electron chi connectivity index (χ1n) is 10.5. The van der Waals surface area contributed by atoms with E-state index in [2.05, 4.69) is 16.4 Å². The van der Waals surface area contributed by atoms with Crippen molar-refractivity contribution in [2.45, 2.75) is 39.0 Å². The third kappa shape index (κ3) is 3.62. The van der Waals surface area contributed by atoms with Crippen LogP contribution in [-0.4, -0.2) is 10.9 Å². The van der Waals surface area contributed by atoms with Crippen LogP contribution in [0.3, 0.4) is 0 Å². The monoisotopic (exact) mass is 427 g/mol. The van der Waals surface area contributed by atoms with Crippen LogP contribution in [-0.2, 0) is 12.8 Å². The van der Waals surface area contributed by atoms with E-state index in [1.165, 1.54) is 11.3 Å². The van der Waals surface area contributed by atoms with Crippen molar-refractivity contribution < 1.29 is 9.21 Å². The lowest BCUT2D eigenvalue weighted by molar-refractivity contribution is 0.102. The summed E-state index contributed by atoms with van der Waals surface area (Å²) in [6.45, 7) is 1.88. The van der Waals surface area contributed by atoms with Gasteiger partial charge in [0.25, 0.3) is 5.91 Å². The molecule has 1 amide bonds. The van der Waals surface area contributed by atoms with Gasteiger partial charge in [-0.3, -0.25) is 4.79 Å². The summed E-state index contributed by atoms with van der Waals surface area (Å²) in [6.07, 6.45) is 5.29. The van der Waals surface area contributed by atoms with E-state index in [9.17, 15) is 10.1 Å². The van der Waals surface area contributed by atoms with Crippen LogP contribution in [0.2, 0.25) is 0 Å². The molecule has 0 spiro atoms. The molecular weight excluding hydrogens is 406 g/mol. The summed E-state index contributed by atoms with van der Waals surface area (Å²) >= 11 is 1.54. The van der Waals surface area contributed by atoms with Crippen LogP contribution in [0.25, 0.3) is 22.4 Å². The first-order valence-corrected chi connectivity index (χ1v) is 11.3. The first kappa shape index (κ1) is 19.5. The lowest BCUT2D eigenvalue weighted by Gasteiger charge is -2.09. The minimum Gasteiger partial charge on any atom is -0.460 e. The second-order valence-corrected chi connectivity index (χ2v) is 8.92. The third-order valence-corrected chi connectivity index (χ3v) is 6.92. The Morgan fingerprint density at radius 3 is 2.81 bits per heavy atom. The molecule has 0 bridgehead atoms. The standard InChI is InChI=1S/C25H21N3O2S/c1-15-11-12-22(30-15)21-13-18(16-7-5-6-9-20(16)27-21)24(29)28-25-19(14-26)17-8-3-2-4-10-23(17)31-25/h5-7,9,11-13H,2-4,8,10H2,1H3,(H,28,29). The molecule has 154 valence electrons. The first-order chi connectivity index (χ1) is 15.1. The molecule has 1 aliphatic carbocycles. The van der Waals surface area contributed by atoms with Crippen molar-refractivity contribution in [1.29, 1.82) is 5.26 Å². The molecule has 0 radical (unpaired) electrons. The van der Waals surface area contributed by atoms with Gasteiger partial charge >= 0.3 is 0 Å². The van der Waals surface area contributed by atoms with E-state index in [-0.39, 0.29) is 5.91 Å². The zero-order valence-electron chi connectivity index (χ0n) is 17.2. The number of aromatic nitrogens is 1. The highest BCUT2D eigenvalue weighted by Crippen LogP contribution is 2.37. The van der Waals surface area contributed by atoms with Gasteiger partial charge in [0.1, 0.15) is 22.5 Å². The van der Waals surface area contributed by atoms with E-state index < -0.39 is 0 Å². The van der Waals surface area contributed by atoms with Crippen molar-refractivity contribution in [3.63, 3.8) is 0 Å². The molecule has 3 aromatic heterocycles. The summed E-state index contributed by atoms with van der Waals surface area (Å²) in [6, 6.07) is 15.4. The maximum Gasteiger partial charge on any atom is 0.257 e. The van der Waals surface area contributed by atoms with Crippen molar-refractivity contribution in [3.8, 4) is 17.5 Å². The molecule has 0 unspecified atom stereocenters. The Morgan fingerprint density at radius 2 is 2.00 bits per heavy atom. The molecule has 6 heteroatoms. The summed E-state index contributed by atoms with van der Waals surface area (Å²) < 4.78 is 5.74. The van der Waals surface area contributed by atoms with E-state index >= 15 is 0 Å². The topological polar surface area (TPSA) is 78.9 Å². The SMILES string of the molecule is Cc1ccc(-c2cc(C(=O)Nc3sc4c(c3C#N)CCCCC4)c3ccccc3n2)o1. The quantitative estimate of drug-likeness (QED) is 0.392. The fourth-order valence-corrected chi connectivity index (χ4v) is 5.42. The Hall–Kier alpha value is -3.43. The predicted molar refractivity (Wildman–Crippen MR) is 122 cm³/mol. The number of para-hydroxylation sites is 1. The maximum absolute atomic E-state index is 13.4. The van der Waals surface area contributed by atoms with Gasteiger partial charge in [-0.2, -0.15) is 5.26 Å². The molecule has 0 saturated heterocycles. The van der Waals surface area contributed by atoms with Crippen LogP contribution in [0.4, 0.5) is 5.00 Å². The Balaban J connectivity index is 1.57. The van der Waals surface area contributed by atoms with E-state index in [4.69, 9.17) is 4.42 Å². The summed E-state index contributed by atoms with van der Waals surface area (Å²) in [7, 11) is 0. The van der Waals surface area contributed by atoms with Crippen LogP contribution in [0.1, 0.15) is 51.4 Å². The Labute approximate surface area is 184 Å². The van der Waals surface area contributed by atoms with Gasteiger partial charge in [0.2, 0.25) is 0 Å². The minimum atomic E-state index is -0.240. The van der Waals surface area contributed by atoms with Crippen molar-refractivity contribution in [3.05, 3.63) is 69.8 Å². The van der Waals surface area contributed by atoms with Crippen molar-refractivity contribution >= 4 is 33.1 Å². The average molecular weight is 428 g/mol. The van der Waals surface area contributed by atoms with Crippen LogP contribution in [0.15, 0.2) is 46.9 Å². The molecule has 4 aromatic rings. The molecule has 0 saturated carbocycles. The molecule has 1 aromatic carbocycles. The summed E-state index contributed by atoms with van der Waals surface area (Å²) in [4.78, 5) is 19.3. The normalized spacial score (nSPS) is 13.4. The van der Waals surface area contributed by atoms with Crippen molar-refractivity contribution in [2.75, 3.05) is 5.32 Å². The summed E-state index contributed by atoms with van der Waals surface area (Å²) in [5.74, 6) is 1.17. The number of nitriles is 1. The van der Waals surface area contributed by atoms with E-state index in [1.807, 2.05) is 43.3 Å². The number of nitrogens with one attached hydrogen (secondary N) is 1. The number of hydrogen-bond acceptors (Lipinski definition) is 5. The number of carbonyl (C=O) groups excluding carboxylic acids is 1. The number of hydrogen-bond donors (Lipinski definition) is 1. The van der Waals surface area contributed by atoms with Crippen LogP contribution >= 0.6 is 11.3 Å². The fourth-order valence-electron chi connectivity index (χ4n) is 4.18.